The van der Waals surface area contributed by atoms with Gasteiger partial charge in [0.2, 0.25) is 17.7 Å². The van der Waals surface area contributed by atoms with E-state index in [0.717, 1.165) is 12.0 Å². The molecule has 2 aliphatic rings. The van der Waals surface area contributed by atoms with E-state index in [9.17, 15) is 9.18 Å². The van der Waals surface area contributed by atoms with Gasteiger partial charge in [0.15, 0.2) is 0 Å². The lowest BCUT2D eigenvalue weighted by atomic mass is 10.1. The van der Waals surface area contributed by atoms with Crippen LogP contribution in [0.1, 0.15) is 35.7 Å². The van der Waals surface area contributed by atoms with Crippen LogP contribution in [0, 0.1) is 18.7 Å². The fourth-order valence-corrected chi connectivity index (χ4v) is 3.31. The van der Waals surface area contributed by atoms with Gasteiger partial charge in [-0.3, -0.25) is 4.79 Å². The number of amides is 1. The molecule has 0 radical (unpaired) electrons. The van der Waals surface area contributed by atoms with Gasteiger partial charge in [0.1, 0.15) is 11.9 Å². The molecule has 0 bridgehead atoms. The molecule has 2 heterocycles. The normalized spacial score (nSPS) is 26.4. The van der Waals surface area contributed by atoms with Gasteiger partial charge in [-0.15, -0.1) is 10.2 Å². The zero-order valence-electron chi connectivity index (χ0n) is 13.3. The fraction of sp³-hybridized carbons (Fsp3) is 0.471. The standard InChI is InChI=1S/C17H18FN3O3/c1-10-19-20-16(24-10)15-9-23-6-5-21(15)17(22)14-8-13(14)11-3-2-4-12(18)7-11/h2-4,7,13-15H,5-6,8-9H2,1H3/t13-,14-,15-/m0/s1. The van der Waals surface area contributed by atoms with Gasteiger partial charge in [0.25, 0.3) is 0 Å². The quantitative estimate of drug-likeness (QED) is 0.863. The second kappa shape index (κ2) is 5.98. The van der Waals surface area contributed by atoms with Crippen molar-refractivity contribution in [2.75, 3.05) is 19.8 Å². The Balaban J connectivity index is 1.51. The minimum absolute atomic E-state index is 0.0495. The van der Waals surface area contributed by atoms with E-state index in [1.54, 1.807) is 17.9 Å². The summed E-state index contributed by atoms with van der Waals surface area (Å²) in [5.74, 6) is 0.623. The van der Waals surface area contributed by atoms with Crippen LogP contribution in [0.2, 0.25) is 0 Å². The third kappa shape index (κ3) is 2.80. The molecular formula is C17H18FN3O3. The van der Waals surface area contributed by atoms with Crippen LogP contribution in [0.3, 0.4) is 0 Å². The molecule has 0 spiro atoms. The monoisotopic (exact) mass is 331 g/mol. The second-order valence-corrected chi connectivity index (χ2v) is 6.29. The predicted molar refractivity (Wildman–Crippen MR) is 81.6 cm³/mol. The minimum atomic E-state index is -0.346. The number of nitrogens with zero attached hydrogens (tertiary/aromatic N) is 3. The highest BCUT2D eigenvalue weighted by atomic mass is 19.1. The van der Waals surface area contributed by atoms with Crippen molar-refractivity contribution in [3.63, 3.8) is 0 Å². The van der Waals surface area contributed by atoms with Crippen molar-refractivity contribution in [3.05, 3.63) is 47.4 Å². The van der Waals surface area contributed by atoms with Gasteiger partial charge in [-0.2, -0.15) is 0 Å². The van der Waals surface area contributed by atoms with Gasteiger partial charge >= 0.3 is 0 Å². The van der Waals surface area contributed by atoms with Crippen LogP contribution in [-0.4, -0.2) is 40.8 Å². The lowest BCUT2D eigenvalue weighted by molar-refractivity contribution is -0.142. The molecule has 126 valence electrons. The first-order valence-electron chi connectivity index (χ1n) is 8.07. The molecule has 1 saturated carbocycles. The Kier molecular flexibility index (Phi) is 3.80. The number of hydrogen-bond donors (Lipinski definition) is 0. The first-order chi connectivity index (χ1) is 11.6. The third-order valence-electron chi connectivity index (χ3n) is 4.62. The Morgan fingerprint density at radius 1 is 1.38 bits per heavy atom. The Labute approximate surface area is 138 Å². The zero-order valence-corrected chi connectivity index (χ0v) is 13.3. The van der Waals surface area contributed by atoms with Crippen molar-refractivity contribution in [2.24, 2.45) is 5.92 Å². The predicted octanol–water partition coefficient (Wildman–Crippen LogP) is 2.22. The van der Waals surface area contributed by atoms with Gasteiger partial charge in [0.05, 0.1) is 13.2 Å². The van der Waals surface area contributed by atoms with Gasteiger partial charge in [-0.05, 0) is 30.0 Å². The topological polar surface area (TPSA) is 68.5 Å². The molecule has 1 aromatic heterocycles. The van der Waals surface area contributed by atoms with Crippen LogP contribution in [0.25, 0.3) is 0 Å². The summed E-state index contributed by atoms with van der Waals surface area (Å²) in [5.41, 5.74) is 0.881. The van der Waals surface area contributed by atoms with E-state index in [-0.39, 0.29) is 29.6 Å². The number of rotatable bonds is 3. The van der Waals surface area contributed by atoms with Gasteiger partial charge < -0.3 is 14.1 Å². The Bertz CT molecular complexity index is 763. The van der Waals surface area contributed by atoms with E-state index in [0.29, 0.717) is 31.5 Å². The van der Waals surface area contributed by atoms with E-state index < -0.39 is 0 Å². The average molecular weight is 331 g/mol. The molecule has 7 heteroatoms. The molecule has 1 aliphatic heterocycles. The maximum Gasteiger partial charge on any atom is 0.241 e. The Hall–Kier alpha value is -2.28. The number of aryl methyl sites for hydroxylation is 1. The highest BCUT2D eigenvalue weighted by molar-refractivity contribution is 5.83. The fourth-order valence-electron chi connectivity index (χ4n) is 3.31. The number of ether oxygens (including phenoxy) is 1. The number of benzene rings is 1. The van der Waals surface area contributed by atoms with Crippen LogP contribution in [0.5, 0.6) is 0 Å². The Morgan fingerprint density at radius 3 is 3.00 bits per heavy atom. The van der Waals surface area contributed by atoms with E-state index in [1.165, 1.54) is 12.1 Å². The maximum absolute atomic E-state index is 13.4. The number of carbonyl (C=O) groups excluding carboxylic acids is 1. The second-order valence-electron chi connectivity index (χ2n) is 6.29. The molecule has 1 saturated heterocycles. The smallest absolute Gasteiger partial charge is 0.241 e. The lowest BCUT2D eigenvalue weighted by Gasteiger charge is -2.33. The number of hydrogen-bond acceptors (Lipinski definition) is 5. The molecular weight excluding hydrogens is 313 g/mol. The lowest BCUT2D eigenvalue weighted by Crippen LogP contribution is -2.44. The molecule has 0 N–H and O–H groups in total. The molecule has 1 aromatic carbocycles. The highest BCUT2D eigenvalue weighted by Gasteiger charge is 2.48. The van der Waals surface area contributed by atoms with Crippen molar-refractivity contribution in [1.82, 2.24) is 15.1 Å². The molecule has 6 nitrogen and oxygen atoms in total. The van der Waals surface area contributed by atoms with Crippen LogP contribution < -0.4 is 0 Å². The summed E-state index contributed by atoms with van der Waals surface area (Å²) in [5, 5.41) is 7.87. The van der Waals surface area contributed by atoms with Crippen LogP contribution >= 0.6 is 0 Å². The van der Waals surface area contributed by atoms with Crippen LogP contribution in [0.15, 0.2) is 28.7 Å². The molecule has 24 heavy (non-hydrogen) atoms. The van der Waals surface area contributed by atoms with Gasteiger partial charge in [-0.25, -0.2) is 4.39 Å². The van der Waals surface area contributed by atoms with Crippen molar-refractivity contribution in [3.8, 4) is 0 Å². The van der Waals surface area contributed by atoms with Crippen LogP contribution in [0.4, 0.5) is 4.39 Å². The summed E-state index contributed by atoms with van der Waals surface area (Å²) >= 11 is 0. The average Bonchev–Trinajstić information content (AvgIpc) is 3.28. The maximum atomic E-state index is 13.4. The van der Waals surface area contributed by atoms with E-state index in [2.05, 4.69) is 10.2 Å². The van der Waals surface area contributed by atoms with Crippen molar-refractivity contribution in [2.45, 2.75) is 25.3 Å². The van der Waals surface area contributed by atoms with Gasteiger partial charge in [-0.1, -0.05) is 12.1 Å². The molecule has 0 unspecified atom stereocenters. The number of morpholine rings is 1. The molecule has 4 rings (SSSR count). The molecule has 1 amide bonds. The van der Waals surface area contributed by atoms with Crippen molar-refractivity contribution in [1.29, 1.82) is 0 Å². The molecule has 2 fully saturated rings. The number of aromatic nitrogens is 2. The molecule has 2 aromatic rings. The SMILES string of the molecule is Cc1nnc([C@@H]2COCCN2C(=O)[C@H]2C[C@H]2c2cccc(F)c2)o1. The van der Waals surface area contributed by atoms with Crippen molar-refractivity contribution >= 4 is 5.91 Å². The van der Waals surface area contributed by atoms with Gasteiger partial charge in [0, 0.05) is 19.4 Å². The number of halogens is 1. The minimum Gasteiger partial charge on any atom is -0.423 e. The third-order valence-corrected chi connectivity index (χ3v) is 4.62. The number of carbonyl (C=O) groups is 1. The summed E-state index contributed by atoms with van der Waals surface area (Å²) in [6.45, 7) is 3.06. The van der Waals surface area contributed by atoms with E-state index >= 15 is 0 Å². The Morgan fingerprint density at radius 2 is 2.25 bits per heavy atom. The molecule has 3 atom stereocenters. The first kappa shape index (κ1) is 15.3. The van der Waals surface area contributed by atoms with E-state index in [1.807, 2.05) is 6.07 Å². The first-order valence-corrected chi connectivity index (χ1v) is 8.07. The summed E-state index contributed by atoms with van der Waals surface area (Å²) in [6, 6.07) is 6.14. The van der Waals surface area contributed by atoms with Crippen molar-refractivity contribution < 1.29 is 18.3 Å². The largest absolute Gasteiger partial charge is 0.423 e. The van der Waals surface area contributed by atoms with Crippen LogP contribution in [-0.2, 0) is 9.53 Å². The summed E-state index contributed by atoms with van der Waals surface area (Å²) < 4.78 is 24.4. The van der Waals surface area contributed by atoms with E-state index in [4.69, 9.17) is 9.15 Å². The highest BCUT2D eigenvalue weighted by Crippen LogP contribution is 2.49. The molecule has 1 aliphatic carbocycles. The summed E-state index contributed by atoms with van der Waals surface area (Å²) in [4.78, 5) is 14.7. The summed E-state index contributed by atoms with van der Waals surface area (Å²) in [6.07, 6.45) is 0.745. The zero-order chi connectivity index (χ0) is 16.7. The summed E-state index contributed by atoms with van der Waals surface area (Å²) in [7, 11) is 0.